The van der Waals surface area contributed by atoms with Crippen LogP contribution in [-0.2, 0) is 9.53 Å². The summed E-state index contributed by atoms with van der Waals surface area (Å²) in [4.78, 5) is 24.0. The number of esters is 1. The maximum absolute atomic E-state index is 12.1. The molecule has 0 radical (unpaired) electrons. The third-order valence-corrected chi connectivity index (χ3v) is 3.89. The number of carbonyl (C=O) groups excluding carboxylic acids is 2. The zero-order valence-electron chi connectivity index (χ0n) is 15.0. The number of nitrogens with zero attached hydrogens (tertiary/aromatic N) is 2. The van der Waals surface area contributed by atoms with E-state index in [1.165, 1.54) is 0 Å². The fourth-order valence-electron chi connectivity index (χ4n) is 2.46. The fourth-order valence-corrected chi connectivity index (χ4v) is 2.46. The SMILES string of the molecule is COc1ccc(NC(=O)COC(=O)c2ccc(-n3nccc3C)cc2)cc1. The quantitative estimate of drug-likeness (QED) is 0.679. The van der Waals surface area contributed by atoms with Crippen LogP contribution in [0.3, 0.4) is 0 Å². The van der Waals surface area contributed by atoms with E-state index in [2.05, 4.69) is 10.4 Å². The highest BCUT2D eigenvalue weighted by Gasteiger charge is 2.11. The van der Waals surface area contributed by atoms with Gasteiger partial charge in [0, 0.05) is 17.6 Å². The second kappa shape index (κ2) is 8.18. The first-order valence-electron chi connectivity index (χ1n) is 8.29. The maximum Gasteiger partial charge on any atom is 0.338 e. The van der Waals surface area contributed by atoms with Crippen molar-refractivity contribution in [3.8, 4) is 11.4 Å². The minimum Gasteiger partial charge on any atom is -0.497 e. The second-order valence-corrected chi connectivity index (χ2v) is 5.78. The van der Waals surface area contributed by atoms with Crippen LogP contribution in [-0.4, -0.2) is 35.4 Å². The molecule has 0 saturated heterocycles. The highest BCUT2D eigenvalue weighted by atomic mass is 16.5. The van der Waals surface area contributed by atoms with Gasteiger partial charge in [-0.3, -0.25) is 4.79 Å². The number of hydrogen-bond acceptors (Lipinski definition) is 5. The topological polar surface area (TPSA) is 82.5 Å². The van der Waals surface area contributed by atoms with E-state index in [0.717, 1.165) is 11.4 Å². The first kappa shape index (κ1) is 18.2. The molecule has 0 aliphatic rings. The van der Waals surface area contributed by atoms with Crippen molar-refractivity contribution < 1.29 is 19.1 Å². The summed E-state index contributed by atoms with van der Waals surface area (Å²) >= 11 is 0. The maximum atomic E-state index is 12.1. The lowest BCUT2D eigenvalue weighted by Crippen LogP contribution is -2.20. The molecule has 0 bridgehead atoms. The molecule has 27 heavy (non-hydrogen) atoms. The molecule has 7 nitrogen and oxygen atoms in total. The molecule has 0 unspecified atom stereocenters. The van der Waals surface area contributed by atoms with Gasteiger partial charge in [0.05, 0.1) is 18.4 Å². The molecule has 0 atom stereocenters. The van der Waals surface area contributed by atoms with E-state index in [0.29, 0.717) is 17.0 Å². The van der Waals surface area contributed by atoms with Crippen molar-refractivity contribution in [2.75, 3.05) is 19.0 Å². The Bertz CT molecular complexity index is 931. The van der Waals surface area contributed by atoms with Gasteiger partial charge in [-0.15, -0.1) is 0 Å². The van der Waals surface area contributed by atoms with E-state index >= 15 is 0 Å². The Hall–Kier alpha value is -3.61. The minimum atomic E-state index is -0.566. The average molecular weight is 365 g/mol. The van der Waals surface area contributed by atoms with E-state index in [9.17, 15) is 9.59 Å². The van der Waals surface area contributed by atoms with Crippen LogP contribution < -0.4 is 10.1 Å². The molecule has 3 rings (SSSR count). The van der Waals surface area contributed by atoms with E-state index in [4.69, 9.17) is 9.47 Å². The van der Waals surface area contributed by atoms with Crippen LogP contribution in [0.15, 0.2) is 60.8 Å². The lowest BCUT2D eigenvalue weighted by atomic mass is 10.2. The van der Waals surface area contributed by atoms with Gasteiger partial charge >= 0.3 is 5.97 Å². The van der Waals surface area contributed by atoms with Crippen LogP contribution in [0, 0.1) is 6.92 Å². The minimum absolute atomic E-state index is 0.362. The molecular formula is C20H19N3O4. The molecular weight excluding hydrogens is 346 g/mol. The molecule has 3 aromatic rings. The number of rotatable bonds is 6. The number of nitrogens with one attached hydrogen (secondary N) is 1. The number of hydrogen-bond donors (Lipinski definition) is 1. The summed E-state index contributed by atoms with van der Waals surface area (Å²) in [5.74, 6) is -0.297. The van der Waals surface area contributed by atoms with Gasteiger partial charge in [-0.2, -0.15) is 5.10 Å². The van der Waals surface area contributed by atoms with Crippen LogP contribution in [0.1, 0.15) is 16.1 Å². The van der Waals surface area contributed by atoms with Crippen molar-refractivity contribution in [1.29, 1.82) is 0 Å². The van der Waals surface area contributed by atoms with Crippen LogP contribution in [0.5, 0.6) is 5.75 Å². The Morgan fingerprint density at radius 3 is 2.33 bits per heavy atom. The van der Waals surface area contributed by atoms with Crippen LogP contribution in [0.4, 0.5) is 5.69 Å². The van der Waals surface area contributed by atoms with Crippen molar-refractivity contribution in [3.63, 3.8) is 0 Å². The summed E-state index contributed by atoms with van der Waals surface area (Å²) < 4.78 is 11.9. The van der Waals surface area contributed by atoms with Crippen molar-refractivity contribution in [2.45, 2.75) is 6.92 Å². The molecule has 0 spiro atoms. The Labute approximate surface area is 156 Å². The Morgan fingerprint density at radius 2 is 1.74 bits per heavy atom. The number of benzene rings is 2. The third kappa shape index (κ3) is 4.52. The van der Waals surface area contributed by atoms with E-state index in [1.807, 2.05) is 13.0 Å². The number of anilines is 1. The van der Waals surface area contributed by atoms with Gasteiger partial charge < -0.3 is 14.8 Å². The molecule has 0 aliphatic heterocycles. The zero-order valence-corrected chi connectivity index (χ0v) is 15.0. The van der Waals surface area contributed by atoms with Crippen molar-refractivity contribution in [1.82, 2.24) is 9.78 Å². The molecule has 138 valence electrons. The van der Waals surface area contributed by atoms with Gasteiger partial charge in [-0.25, -0.2) is 9.48 Å². The number of aromatic nitrogens is 2. The molecule has 2 aromatic carbocycles. The zero-order chi connectivity index (χ0) is 19.2. The number of aryl methyl sites for hydroxylation is 1. The normalized spacial score (nSPS) is 10.3. The summed E-state index contributed by atoms with van der Waals surface area (Å²) in [6.45, 7) is 1.57. The number of methoxy groups -OCH3 is 1. The largest absolute Gasteiger partial charge is 0.497 e. The van der Waals surface area contributed by atoms with Crippen molar-refractivity contribution in [3.05, 3.63) is 72.1 Å². The summed E-state index contributed by atoms with van der Waals surface area (Å²) in [5.41, 5.74) is 2.78. The third-order valence-electron chi connectivity index (χ3n) is 3.89. The number of carbonyl (C=O) groups is 2. The fraction of sp³-hybridized carbons (Fsp3) is 0.150. The summed E-state index contributed by atoms with van der Waals surface area (Å²) in [5, 5.41) is 6.86. The second-order valence-electron chi connectivity index (χ2n) is 5.78. The Kier molecular flexibility index (Phi) is 5.51. The molecule has 1 amide bonds. The van der Waals surface area contributed by atoms with Crippen LogP contribution in [0.2, 0.25) is 0 Å². The highest BCUT2D eigenvalue weighted by molar-refractivity contribution is 5.95. The molecule has 1 heterocycles. The number of amides is 1. The van der Waals surface area contributed by atoms with Gasteiger partial charge in [-0.05, 0) is 61.5 Å². The first-order chi connectivity index (χ1) is 13.1. The van der Waals surface area contributed by atoms with E-state index in [1.54, 1.807) is 66.5 Å². The summed E-state index contributed by atoms with van der Waals surface area (Å²) in [7, 11) is 1.57. The molecule has 0 saturated carbocycles. The highest BCUT2D eigenvalue weighted by Crippen LogP contribution is 2.15. The van der Waals surface area contributed by atoms with Gasteiger partial charge in [0.15, 0.2) is 6.61 Å². The lowest BCUT2D eigenvalue weighted by Gasteiger charge is -2.08. The average Bonchev–Trinajstić information content (AvgIpc) is 3.13. The molecule has 0 aliphatic carbocycles. The van der Waals surface area contributed by atoms with Crippen LogP contribution >= 0.6 is 0 Å². The molecule has 1 N–H and O–H groups in total. The van der Waals surface area contributed by atoms with Crippen molar-refractivity contribution >= 4 is 17.6 Å². The monoisotopic (exact) mass is 365 g/mol. The molecule has 7 heteroatoms. The summed E-state index contributed by atoms with van der Waals surface area (Å²) in [6.07, 6.45) is 1.71. The van der Waals surface area contributed by atoms with Gasteiger partial charge in [0.1, 0.15) is 5.75 Å². The first-order valence-corrected chi connectivity index (χ1v) is 8.29. The molecule has 0 fully saturated rings. The predicted octanol–water partition coefficient (Wildman–Crippen LogP) is 2.98. The number of ether oxygens (including phenoxy) is 2. The van der Waals surface area contributed by atoms with Gasteiger partial charge in [-0.1, -0.05) is 0 Å². The lowest BCUT2D eigenvalue weighted by molar-refractivity contribution is -0.119. The molecule has 1 aromatic heterocycles. The van der Waals surface area contributed by atoms with Crippen molar-refractivity contribution in [2.24, 2.45) is 0 Å². The standard InChI is InChI=1S/C20H19N3O4/c1-14-11-12-21-23(14)17-7-3-15(4-8-17)20(25)27-13-19(24)22-16-5-9-18(26-2)10-6-16/h3-12H,13H2,1-2H3,(H,22,24). The van der Waals surface area contributed by atoms with Gasteiger partial charge in [0.25, 0.3) is 5.91 Å². The Balaban J connectivity index is 1.54. The summed E-state index contributed by atoms with van der Waals surface area (Å²) in [6, 6.07) is 15.6. The Morgan fingerprint density at radius 1 is 1.04 bits per heavy atom. The van der Waals surface area contributed by atoms with E-state index in [-0.39, 0.29) is 6.61 Å². The smallest absolute Gasteiger partial charge is 0.338 e. The van der Waals surface area contributed by atoms with Crippen LogP contribution in [0.25, 0.3) is 5.69 Å². The van der Waals surface area contributed by atoms with Gasteiger partial charge in [0.2, 0.25) is 0 Å². The predicted molar refractivity (Wildman–Crippen MR) is 100 cm³/mol. The van der Waals surface area contributed by atoms with E-state index < -0.39 is 11.9 Å².